The number of hydrogen-bond donors (Lipinski definition) is 0. The van der Waals surface area contributed by atoms with Gasteiger partial charge in [0, 0.05) is 10.4 Å². The highest BCUT2D eigenvalue weighted by Gasteiger charge is 2.66. The first-order chi connectivity index (χ1) is 8.75. The predicted molar refractivity (Wildman–Crippen MR) is 76.1 cm³/mol. The van der Waals surface area contributed by atoms with Gasteiger partial charge in [-0.15, -0.1) is 11.6 Å². The van der Waals surface area contributed by atoms with E-state index in [2.05, 4.69) is 12.1 Å². The number of benzene rings is 1. The summed E-state index contributed by atoms with van der Waals surface area (Å²) in [5.41, 5.74) is 1.22. The molecule has 2 heteroatoms. The normalized spacial score (nSPS) is 41.8. The van der Waals surface area contributed by atoms with Crippen LogP contribution in [0.2, 0.25) is 5.02 Å². The van der Waals surface area contributed by atoms with Crippen LogP contribution in [0.15, 0.2) is 24.3 Å². The maximum Gasteiger partial charge on any atom is 0.0438 e. The molecule has 3 aliphatic rings. The van der Waals surface area contributed by atoms with Gasteiger partial charge in [0.05, 0.1) is 0 Å². The van der Waals surface area contributed by atoms with Gasteiger partial charge in [0.2, 0.25) is 0 Å². The topological polar surface area (TPSA) is 0 Å². The van der Waals surface area contributed by atoms with Crippen molar-refractivity contribution in [1.29, 1.82) is 0 Å². The van der Waals surface area contributed by atoms with Gasteiger partial charge in [-0.25, -0.2) is 0 Å². The van der Waals surface area contributed by atoms with Gasteiger partial charge in [0.1, 0.15) is 0 Å². The van der Waals surface area contributed by atoms with E-state index in [1.165, 1.54) is 24.8 Å². The van der Waals surface area contributed by atoms with Crippen LogP contribution < -0.4 is 0 Å². The molecule has 0 aliphatic heterocycles. The molecule has 96 valence electrons. The van der Waals surface area contributed by atoms with Gasteiger partial charge in [-0.2, -0.15) is 0 Å². The number of hydrogen-bond acceptors (Lipinski definition) is 0. The summed E-state index contributed by atoms with van der Waals surface area (Å²) in [5.74, 6) is 4.74. The van der Waals surface area contributed by atoms with Gasteiger partial charge in [0.15, 0.2) is 0 Å². The SMILES string of the molecule is Clc1ccccc1CC(Cl)C1C2C3CCC(C3)C12. The number of halogens is 2. The Morgan fingerprint density at radius 3 is 2.44 bits per heavy atom. The molecule has 1 aromatic carbocycles. The van der Waals surface area contributed by atoms with Crippen molar-refractivity contribution in [2.24, 2.45) is 29.6 Å². The Bertz CT molecular complexity index is 454. The van der Waals surface area contributed by atoms with E-state index in [4.69, 9.17) is 23.2 Å². The smallest absolute Gasteiger partial charge is 0.0438 e. The average Bonchev–Trinajstić information content (AvgIpc) is 2.82. The van der Waals surface area contributed by atoms with Gasteiger partial charge in [-0.1, -0.05) is 29.8 Å². The first kappa shape index (κ1) is 11.6. The molecule has 3 saturated carbocycles. The van der Waals surface area contributed by atoms with Crippen LogP contribution in [-0.4, -0.2) is 5.38 Å². The Morgan fingerprint density at radius 2 is 1.78 bits per heavy atom. The Balaban J connectivity index is 1.47. The zero-order valence-corrected chi connectivity index (χ0v) is 11.9. The summed E-state index contributed by atoms with van der Waals surface area (Å²) in [6.45, 7) is 0. The second-order valence-electron chi connectivity index (χ2n) is 6.38. The number of alkyl halides is 1. The van der Waals surface area contributed by atoms with E-state index < -0.39 is 0 Å². The standard InChI is InChI=1S/C16H18Cl2/c17-12-4-2-1-3-9(12)8-13(18)16-14-10-5-6-11(7-10)15(14)16/h1-4,10-11,13-16H,5-8H2. The maximum absolute atomic E-state index is 6.69. The van der Waals surface area contributed by atoms with E-state index in [-0.39, 0.29) is 0 Å². The Labute approximate surface area is 119 Å². The highest BCUT2D eigenvalue weighted by Crippen LogP contribution is 2.71. The largest absolute Gasteiger partial charge is 0.122 e. The monoisotopic (exact) mass is 280 g/mol. The highest BCUT2D eigenvalue weighted by atomic mass is 35.5. The molecular formula is C16H18Cl2. The van der Waals surface area contributed by atoms with Crippen LogP contribution in [0.1, 0.15) is 24.8 Å². The van der Waals surface area contributed by atoms with Crippen LogP contribution in [-0.2, 0) is 6.42 Å². The summed E-state index contributed by atoms with van der Waals surface area (Å²) >= 11 is 12.9. The minimum Gasteiger partial charge on any atom is -0.122 e. The molecule has 2 bridgehead atoms. The Morgan fingerprint density at radius 1 is 1.11 bits per heavy atom. The first-order valence-electron chi connectivity index (χ1n) is 7.13. The van der Waals surface area contributed by atoms with Crippen LogP contribution >= 0.6 is 23.2 Å². The summed E-state index contributed by atoms with van der Waals surface area (Å²) in [4.78, 5) is 0. The minimum atomic E-state index is 0.295. The molecule has 0 N–H and O–H groups in total. The fourth-order valence-electron chi connectivity index (χ4n) is 4.89. The van der Waals surface area contributed by atoms with E-state index in [1.54, 1.807) is 0 Å². The third-order valence-electron chi connectivity index (χ3n) is 5.59. The van der Waals surface area contributed by atoms with Gasteiger partial charge in [-0.3, -0.25) is 0 Å². The zero-order chi connectivity index (χ0) is 12.3. The van der Waals surface area contributed by atoms with E-state index in [1.807, 2.05) is 12.1 Å². The molecule has 0 radical (unpaired) electrons. The van der Waals surface area contributed by atoms with Crippen LogP contribution in [0.4, 0.5) is 0 Å². The fraction of sp³-hybridized carbons (Fsp3) is 0.625. The Hall–Kier alpha value is -0.200. The molecule has 3 fully saturated rings. The molecular weight excluding hydrogens is 263 g/mol. The molecule has 0 heterocycles. The van der Waals surface area contributed by atoms with Crippen LogP contribution in [0.25, 0.3) is 0 Å². The minimum absolute atomic E-state index is 0.295. The molecule has 5 unspecified atom stereocenters. The number of fused-ring (bicyclic) bond motifs is 5. The van der Waals surface area contributed by atoms with E-state index in [9.17, 15) is 0 Å². The lowest BCUT2D eigenvalue weighted by atomic mass is 9.97. The van der Waals surface area contributed by atoms with Crippen LogP contribution in [0.3, 0.4) is 0 Å². The van der Waals surface area contributed by atoms with Crippen molar-refractivity contribution in [1.82, 2.24) is 0 Å². The summed E-state index contributed by atoms with van der Waals surface area (Å²) < 4.78 is 0. The van der Waals surface area contributed by atoms with Crippen molar-refractivity contribution in [3.05, 3.63) is 34.9 Å². The lowest BCUT2D eigenvalue weighted by Gasteiger charge is -2.15. The van der Waals surface area contributed by atoms with Gasteiger partial charge >= 0.3 is 0 Å². The fourth-order valence-corrected chi connectivity index (χ4v) is 5.60. The lowest BCUT2D eigenvalue weighted by Crippen LogP contribution is -2.13. The summed E-state index contributed by atoms with van der Waals surface area (Å²) in [5, 5.41) is 1.17. The quantitative estimate of drug-likeness (QED) is 0.699. The average molecular weight is 281 g/mol. The molecule has 0 aromatic heterocycles. The van der Waals surface area contributed by atoms with Crippen molar-refractivity contribution in [2.75, 3.05) is 0 Å². The highest BCUT2D eigenvalue weighted by molar-refractivity contribution is 6.31. The number of rotatable bonds is 3. The predicted octanol–water partition coefficient (Wildman–Crippen LogP) is 4.78. The molecule has 4 rings (SSSR count). The Kier molecular flexibility index (Phi) is 2.68. The van der Waals surface area contributed by atoms with Gasteiger partial charge in [0.25, 0.3) is 0 Å². The molecule has 0 nitrogen and oxygen atoms in total. The lowest BCUT2D eigenvalue weighted by molar-refractivity contribution is 0.449. The van der Waals surface area contributed by atoms with Gasteiger partial charge < -0.3 is 0 Å². The summed E-state index contributed by atoms with van der Waals surface area (Å²) in [6, 6.07) is 8.13. The second kappa shape index (κ2) is 4.15. The molecule has 0 amide bonds. The molecule has 18 heavy (non-hydrogen) atoms. The summed E-state index contributed by atoms with van der Waals surface area (Å²) in [7, 11) is 0. The molecule has 1 aromatic rings. The van der Waals surface area contributed by atoms with E-state index >= 15 is 0 Å². The third-order valence-corrected chi connectivity index (χ3v) is 6.40. The van der Waals surface area contributed by atoms with Crippen molar-refractivity contribution >= 4 is 23.2 Å². The van der Waals surface area contributed by atoms with Crippen molar-refractivity contribution in [3.63, 3.8) is 0 Å². The molecule has 0 spiro atoms. The maximum atomic E-state index is 6.69. The second-order valence-corrected chi connectivity index (χ2v) is 7.34. The molecule has 3 aliphatic carbocycles. The van der Waals surface area contributed by atoms with E-state index in [0.29, 0.717) is 5.38 Å². The van der Waals surface area contributed by atoms with Crippen molar-refractivity contribution < 1.29 is 0 Å². The molecule has 5 atom stereocenters. The third kappa shape index (κ3) is 1.65. The van der Waals surface area contributed by atoms with E-state index in [0.717, 1.165) is 41.0 Å². The van der Waals surface area contributed by atoms with Crippen LogP contribution in [0, 0.1) is 29.6 Å². The van der Waals surface area contributed by atoms with Crippen LogP contribution in [0.5, 0.6) is 0 Å². The zero-order valence-electron chi connectivity index (χ0n) is 10.4. The van der Waals surface area contributed by atoms with Crippen molar-refractivity contribution in [3.8, 4) is 0 Å². The summed E-state index contributed by atoms with van der Waals surface area (Å²) in [6.07, 6.45) is 5.38. The molecule has 0 saturated heterocycles. The van der Waals surface area contributed by atoms with Gasteiger partial charge in [-0.05, 0) is 66.9 Å². The first-order valence-corrected chi connectivity index (χ1v) is 7.94. The van der Waals surface area contributed by atoms with Crippen molar-refractivity contribution in [2.45, 2.75) is 31.1 Å².